The van der Waals surface area contributed by atoms with Crippen molar-refractivity contribution >= 4 is 17.5 Å². The van der Waals surface area contributed by atoms with E-state index >= 15 is 0 Å². The molecule has 8 heteroatoms. The topological polar surface area (TPSA) is 90.0 Å². The van der Waals surface area contributed by atoms with Gasteiger partial charge in [-0.15, -0.1) is 0 Å². The number of ether oxygens (including phenoxy) is 3. The van der Waals surface area contributed by atoms with E-state index in [-0.39, 0.29) is 11.8 Å². The molecule has 2 aromatic rings. The molecule has 1 aromatic carbocycles. The summed E-state index contributed by atoms with van der Waals surface area (Å²) in [6, 6.07) is 8.92. The highest BCUT2D eigenvalue weighted by Crippen LogP contribution is 2.52. The van der Waals surface area contributed by atoms with Gasteiger partial charge in [0.15, 0.2) is 0 Å². The van der Waals surface area contributed by atoms with Gasteiger partial charge in [0.1, 0.15) is 17.1 Å². The third kappa shape index (κ3) is 3.23. The van der Waals surface area contributed by atoms with E-state index in [9.17, 15) is 9.59 Å². The predicted octanol–water partition coefficient (Wildman–Crippen LogP) is 2.02. The average Bonchev–Trinajstić information content (AvgIpc) is 3.42. The van der Waals surface area contributed by atoms with Gasteiger partial charge in [-0.05, 0) is 17.7 Å². The summed E-state index contributed by atoms with van der Waals surface area (Å²) in [7, 11) is 3.10. The number of likely N-dealkylation sites (tertiary alicyclic amines) is 1. The van der Waals surface area contributed by atoms with Crippen molar-refractivity contribution in [3.8, 4) is 11.5 Å². The molecule has 2 bridgehead atoms. The number of carbonyl (C=O) groups excluding carboxylic acids is 2. The second-order valence-corrected chi connectivity index (χ2v) is 8.04. The van der Waals surface area contributed by atoms with Gasteiger partial charge >= 0.3 is 0 Å². The fraction of sp³-hybridized carbons (Fsp3) is 0.348. The number of pyridine rings is 1. The number of nitrogens with one attached hydrogen (secondary N) is 1. The third-order valence-electron chi connectivity index (χ3n) is 6.22. The van der Waals surface area contributed by atoms with Crippen molar-refractivity contribution in [2.24, 2.45) is 11.8 Å². The van der Waals surface area contributed by atoms with Crippen LogP contribution in [0.5, 0.6) is 11.5 Å². The lowest BCUT2D eigenvalue weighted by atomic mass is 9.77. The van der Waals surface area contributed by atoms with Gasteiger partial charge in [-0.1, -0.05) is 12.2 Å². The molecule has 2 fully saturated rings. The fourth-order valence-electron chi connectivity index (χ4n) is 4.83. The minimum absolute atomic E-state index is 0.0629. The van der Waals surface area contributed by atoms with E-state index in [1.807, 2.05) is 24.3 Å². The molecular weight excluding hydrogens is 398 g/mol. The molecule has 2 amide bonds. The van der Waals surface area contributed by atoms with Crippen molar-refractivity contribution in [3.05, 3.63) is 60.4 Å². The molecule has 8 nitrogen and oxygen atoms in total. The fourth-order valence-corrected chi connectivity index (χ4v) is 4.83. The van der Waals surface area contributed by atoms with E-state index in [4.69, 9.17) is 14.2 Å². The number of carbonyl (C=O) groups is 2. The summed E-state index contributed by atoms with van der Waals surface area (Å²) in [6.45, 7) is 0.894. The molecule has 4 unspecified atom stereocenters. The SMILES string of the molecule is COc1cc(NC(=O)C2C3C=CC4(CN(Cc5ccncc5)C(=O)C24)O3)cc(OC)c1. The molecule has 1 N–H and O–H groups in total. The zero-order valence-corrected chi connectivity index (χ0v) is 17.3. The maximum Gasteiger partial charge on any atom is 0.231 e. The minimum Gasteiger partial charge on any atom is -0.497 e. The van der Waals surface area contributed by atoms with Gasteiger partial charge in [0, 0.05) is 42.8 Å². The first kappa shape index (κ1) is 19.6. The minimum atomic E-state index is -0.747. The molecule has 0 saturated carbocycles. The normalized spacial score (nSPS) is 28.0. The van der Waals surface area contributed by atoms with E-state index in [1.165, 1.54) is 0 Å². The summed E-state index contributed by atoms with van der Waals surface area (Å²) >= 11 is 0. The lowest BCUT2D eigenvalue weighted by molar-refractivity contribution is -0.136. The lowest BCUT2D eigenvalue weighted by Crippen LogP contribution is -2.41. The van der Waals surface area contributed by atoms with Crippen molar-refractivity contribution < 1.29 is 23.8 Å². The predicted molar refractivity (Wildman–Crippen MR) is 112 cm³/mol. The third-order valence-corrected chi connectivity index (χ3v) is 6.22. The highest BCUT2D eigenvalue weighted by Gasteiger charge is 2.66. The first-order chi connectivity index (χ1) is 15.0. The highest BCUT2D eigenvalue weighted by molar-refractivity contribution is 5.99. The molecule has 31 heavy (non-hydrogen) atoms. The van der Waals surface area contributed by atoms with Crippen LogP contribution in [0.4, 0.5) is 5.69 Å². The van der Waals surface area contributed by atoms with Gasteiger partial charge < -0.3 is 24.4 Å². The zero-order chi connectivity index (χ0) is 21.6. The Morgan fingerprint density at radius 1 is 1.23 bits per heavy atom. The van der Waals surface area contributed by atoms with Crippen LogP contribution in [0.15, 0.2) is 54.9 Å². The molecule has 4 heterocycles. The monoisotopic (exact) mass is 421 g/mol. The highest BCUT2D eigenvalue weighted by atomic mass is 16.5. The smallest absolute Gasteiger partial charge is 0.231 e. The molecule has 5 rings (SSSR count). The van der Waals surface area contributed by atoms with E-state index in [1.54, 1.807) is 49.7 Å². The number of hydrogen-bond acceptors (Lipinski definition) is 6. The molecule has 0 aliphatic carbocycles. The van der Waals surface area contributed by atoms with Crippen molar-refractivity contribution in [2.75, 3.05) is 26.1 Å². The van der Waals surface area contributed by atoms with Gasteiger partial charge in [0.05, 0.1) is 38.7 Å². The molecule has 160 valence electrons. The first-order valence-corrected chi connectivity index (χ1v) is 10.1. The van der Waals surface area contributed by atoms with E-state index < -0.39 is 23.5 Å². The van der Waals surface area contributed by atoms with E-state index in [0.717, 1.165) is 5.56 Å². The average molecular weight is 421 g/mol. The van der Waals surface area contributed by atoms with Crippen molar-refractivity contribution in [1.82, 2.24) is 9.88 Å². The molecular formula is C23H23N3O5. The van der Waals surface area contributed by atoms with Crippen LogP contribution in [0, 0.1) is 11.8 Å². The summed E-state index contributed by atoms with van der Waals surface area (Å²) in [5.74, 6) is -0.331. The standard InChI is InChI=1S/C23H23N3O5/c1-29-16-9-15(10-17(11-16)30-2)25-21(27)19-18-3-6-23(31-18)13-26(22(28)20(19)23)12-14-4-7-24-8-5-14/h3-11,18-20H,12-13H2,1-2H3,(H,25,27). The number of methoxy groups -OCH3 is 2. The summed E-state index contributed by atoms with van der Waals surface area (Å²) in [6.07, 6.45) is 6.84. The number of fused-ring (bicyclic) bond motifs is 1. The van der Waals surface area contributed by atoms with Crippen LogP contribution < -0.4 is 14.8 Å². The Bertz CT molecular complexity index is 1030. The van der Waals surface area contributed by atoms with Crippen LogP contribution >= 0.6 is 0 Å². The van der Waals surface area contributed by atoms with Crippen LogP contribution in [0.25, 0.3) is 0 Å². The largest absolute Gasteiger partial charge is 0.497 e. The molecule has 1 aromatic heterocycles. The number of rotatable bonds is 6. The maximum atomic E-state index is 13.3. The second-order valence-electron chi connectivity index (χ2n) is 8.04. The molecule has 4 atom stereocenters. The number of amides is 2. The van der Waals surface area contributed by atoms with Crippen LogP contribution in [0.3, 0.4) is 0 Å². The Balaban J connectivity index is 1.38. The van der Waals surface area contributed by atoms with Gasteiger partial charge in [0.2, 0.25) is 11.8 Å². The molecule has 1 spiro atoms. The van der Waals surface area contributed by atoms with Gasteiger partial charge in [-0.25, -0.2) is 0 Å². The summed E-state index contributed by atoms with van der Waals surface area (Å²) in [5.41, 5.74) is 0.784. The van der Waals surface area contributed by atoms with Crippen LogP contribution in [-0.2, 0) is 20.9 Å². The molecule has 0 radical (unpaired) electrons. The lowest BCUT2D eigenvalue weighted by Gasteiger charge is -2.23. The number of nitrogens with zero attached hydrogens (tertiary/aromatic N) is 2. The Hall–Kier alpha value is -3.39. The Morgan fingerprint density at radius 3 is 2.61 bits per heavy atom. The first-order valence-electron chi connectivity index (χ1n) is 10.1. The van der Waals surface area contributed by atoms with Crippen molar-refractivity contribution in [1.29, 1.82) is 0 Å². The van der Waals surface area contributed by atoms with E-state index in [0.29, 0.717) is 30.3 Å². The zero-order valence-electron chi connectivity index (χ0n) is 17.3. The number of benzene rings is 1. The second kappa shape index (κ2) is 7.39. The van der Waals surface area contributed by atoms with Gasteiger partial charge in [-0.3, -0.25) is 14.6 Å². The quantitative estimate of drug-likeness (QED) is 0.718. The van der Waals surface area contributed by atoms with E-state index in [2.05, 4.69) is 10.3 Å². The van der Waals surface area contributed by atoms with Crippen LogP contribution in [0.1, 0.15) is 5.56 Å². The maximum absolute atomic E-state index is 13.3. The van der Waals surface area contributed by atoms with Crippen molar-refractivity contribution in [2.45, 2.75) is 18.2 Å². The Kier molecular flexibility index (Phi) is 4.66. The molecule has 3 aliphatic rings. The Labute approximate surface area is 179 Å². The molecule has 3 aliphatic heterocycles. The van der Waals surface area contributed by atoms with Crippen molar-refractivity contribution in [3.63, 3.8) is 0 Å². The summed E-state index contributed by atoms with van der Waals surface area (Å²) in [4.78, 5) is 32.4. The van der Waals surface area contributed by atoms with Crippen LogP contribution in [0.2, 0.25) is 0 Å². The number of aromatic nitrogens is 1. The van der Waals surface area contributed by atoms with Gasteiger partial charge in [-0.2, -0.15) is 0 Å². The summed E-state index contributed by atoms with van der Waals surface area (Å²) in [5, 5.41) is 2.92. The number of anilines is 1. The van der Waals surface area contributed by atoms with Crippen LogP contribution in [-0.4, -0.2) is 54.2 Å². The summed E-state index contributed by atoms with van der Waals surface area (Å²) < 4.78 is 16.7. The molecule has 2 saturated heterocycles. The number of hydrogen-bond donors (Lipinski definition) is 1. The Morgan fingerprint density at radius 2 is 1.94 bits per heavy atom. The van der Waals surface area contributed by atoms with Gasteiger partial charge in [0.25, 0.3) is 0 Å².